The number of esters is 1. The molecule has 0 spiro atoms. The molecular weight excluding hydrogens is 632 g/mol. The molecule has 3 atom stereocenters. The van der Waals surface area contributed by atoms with Crippen molar-refractivity contribution in [1.29, 1.82) is 0 Å². The molecular formula is C42H76O8. The molecule has 0 aliphatic heterocycles. The van der Waals surface area contributed by atoms with Crippen molar-refractivity contribution in [2.45, 2.75) is 180 Å². The van der Waals surface area contributed by atoms with E-state index in [0.29, 0.717) is 12.8 Å². The summed E-state index contributed by atoms with van der Waals surface area (Å²) in [5, 5.41) is 45.0. The average molecular weight is 709 g/mol. The highest BCUT2D eigenvalue weighted by molar-refractivity contribution is 5.70. The number of carboxylic acids is 1. The van der Waals surface area contributed by atoms with Crippen LogP contribution in [0.5, 0.6) is 0 Å². The summed E-state index contributed by atoms with van der Waals surface area (Å²) in [5.74, 6) is -1.72. The second kappa shape index (κ2) is 41.2. The number of carboxylic acid groups (broad SMARTS) is 1. The van der Waals surface area contributed by atoms with Crippen molar-refractivity contribution in [3.63, 3.8) is 0 Å². The Morgan fingerprint density at radius 2 is 0.980 bits per heavy atom. The molecule has 0 aromatic heterocycles. The molecule has 0 bridgehead atoms. The Hall–Kier alpha value is -2.26. The number of rotatable bonds is 34. The standard InChI is InChI=1S/2C21H38O4/c1-2-3-4-5-6-7-8-9-10-11-12-13-14-15-16-19(21(24)25)17-20(23)18-22;1-2-3-4-5-6-7-8-9-10-11-12-13-14-15-16-17-21(24)25-19-20(23)18-22/h6-7,9-10,19-20,22-23H,2-5,8,11-18H2,1H3,(H,24,25);6-7,9-10,20,22-23H,2-5,8,11-19H2,1H3/b2*7-6-,10-9-. The van der Waals surface area contributed by atoms with Crippen LogP contribution in [0.25, 0.3) is 0 Å². The zero-order valence-corrected chi connectivity index (χ0v) is 31.9. The maximum absolute atomic E-state index is 11.4. The lowest BCUT2D eigenvalue weighted by atomic mass is 9.95. The lowest BCUT2D eigenvalue weighted by Gasteiger charge is -2.14. The SMILES string of the molecule is CCCCC/C=C\C/C=C\CCCCCCC(CC(O)CO)C(=O)O.CCCCC/C=C\C/C=C\CCCCCCCC(=O)OCC(O)CO. The number of ether oxygens (including phenoxy) is 1. The fraction of sp³-hybridized carbons (Fsp3) is 0.762. The Morgan fingerprint density at radius 1 is 0.560 bits per heavy atom. The number of hydrogen-bond acceptors (Lipinski definition) is 7. The first kappa shape index (κ1) is 49.9. The Labute approximate surface area is 305 Å². The van der Waals surface area contributed by atoms with Crippen LogP contribution in [0.4, 0.5) is 0 Å². The van der Waals surface area contributed by atoms with Crippen molar-refractivity contribution in [3.05, 3.63) is 48.6 Å². The van der Waals surface area contributed by atoms with Crippen molar-refractivity contribution in [1.82, 2.24) is 0 Å². The molecule has 0 aliphatic carbocycles. The first-order chi connectivity index (χ1) is 24.3. The lowest BCUT2D eigenvalue weighted by molar-refractivity contribution is -0.147. The molecule has 0 heterocycles. The van der Waals surface area contributed by atoms with Gasteiger partial charge in [-0.05, 0) is 83.5 Å². The Bertz CT molecular complexity index is 849. The van der Waals surface area contributed by atoms with Gasteiger partial charge in [0.1, 0.15) is 12.7 Å². The Morgan fingerprint density at radius 3 is 1.42 bits per heavy atom. The number of carbonyl (C=O) groups excluding carboxylic acids is 1. The van der Waals surface area contributed by atoms with Gasteiger partial charge in [-0.2, -0.15) is 0 Å². The lowest BCUT2D eigenvalue weighted by Crippen LogP contribution is -2.23. The van der Waals surface area contributed by atoms with Crippen LogP contribution in [-0.4, -0.2) is 69.5 Å². The second-order valence-corrected chi connectivity index (χ2v) is 13.3. The van der Waals surface area contributed by atoms with Gasteiger partial charge in [0.05, 0.1) is 25.2 Å². The minimum absolute atomic E-state index is 0.115. The van der Waals surface area contributed by atoms with Crippen LogP contribution < -0.4 is 0 Å². The van der Waals surface area contributed by atoms with Crippen LogP contribution in [0.15, 0.2) is 48.6 Å². The van der Waals surface area contributed by atoms with Crippen molar-refractivity contribution >= 4 is 11.9 Å². The van der Waals surface area contributed by atoms with Gasteiger partial charge in [-0.3, -0.25) is 9.59 Å². The summed E-state index contributed by atoms with van der Waals surface area (Å²) < 4.78 is 4.85. The minimum Gasteiger partial charge on any atom is -0.481 e. The molecule has 5 N–H and O–H groups in total. The van der Waals surface area contributed by atoms with Gasteiger partial charge >= 0.3 is 11.9 Å². The van der Waals surface area contributed by atoms with E-state index in [0.717, 1.165) is 70.6 Å². The van der Waals surface area contributed by atoms with Crippen LogP contribution in [0.3, 0.4) is 0 Å². The molecule has 3 unspecified atom stereocenters. The number of aliphatic hydroxyl groups excluding tert-OH is 4. The summed E-state index contributed by atoms with van der Waals surface area (Å²) in [4.78, 5) is 22.5. The van der Waals surface area contributed by atoms with Crippen LogP contribution in [0.1, 0.15) is 168 Å². The summed E-state index contributed by atoms with van der Waals surface area (Å²) in [6.45, 7) is 3.59. The van der Waals surface area contributed by atoms with E-state index in [1.807, 2.05) is 0 Å². The van der Waals surface area contributed by atoms with E-state index in [4.69, 9.17) is 25.2 Å². The number of carbonyl (C=O) groups is 2. The van der Waals surface area contributed by atoms with Crippen molar-refractivity contribution in [3.8, 4) is 0 Å². The molecule has 0 amide bonds. The van der Waals surface area contributed by atoms with Gasteiger partial charge in [-0.1, -0.05) is 127 Å². The molecule has 0 aromatic rings. The first-order valence-electron chi connectivity index (χ1n) is 19.9. The number of aliphatic carboxylic acids is 1. The van der Waals surface area contributed by atoms with Gasteiger partial charge in [0, 0.05) is 6.42 Å². The van der Waals surface area contributed by atoms with E-state index < -0.39 is 24.1 Å². The minimum atomic E-state index is -0.964. The predicted molar refractivity (Wildman–Crippen MR) is 207 cm³/mol. The molecule has 292 valence electrons. The van der Waals surface area contributed by atoms with Crippen LogP contribution >= 0.6 is 0 Å². The van der Waals surface area contributed by atoms with E-state index >= 15 is 0 Å². The Kier molecular flexibility index (Phi) is 41.0. The molecule has 0 aliphatic rings. The third kappa shape index (κ3) is 40.2. The van der Waals surface area contributed by atoms with Crippen molar-refractivity contribution in [2.75, 3.05) is 19.8 Å². The van der Waals surface area contributed by atoms with Gasteiger partial charge < -0.3 is 30.3 Å². The third-order valence-electron chi connectivity index (χ3n) is 8.35. The highest BCUT2D eigenvalue weighted by Gasteiger charge is 2.20. The first-order valence-corrected chi connectivity index (χ1v) is 19.9. The van der Waals surface area contributed by atoms with Gasteiger partial charge in [0.25, 0.3) is 0 Å². The van der Waals surface area contributed by atoms with Crippen LogP contribution in [0.2, 0.25) is 0 Å². The molecule has 0 saturated carbocycles. The van der Waals surface area contributed by atoms with Crippen molar-refractivity contribution < 1.29 is 39.9 Å². The fourth-order valence-electron chi connectivity index (χ4n) is 5.17. The maximum Gasteiger partial charge on any atom is 0.306 e. The quantitative estimate of drug-likeness (QED) is 0.0253. The highest BCUT2D eigenvalue weighted by atomic mass is 16.5. The molecule has 0 saturated heterocycles. The van der Waals surface area contributed by atoms with Gasteiger partial charge in [-0.15, -0.1) is 0 Å². The molecule has 0 rings (SSSR count). The molecule has 0 aromatic carbocycles. The zero-order valence-electron chi connectivity index (χ0n) is 31.9. The van der Waals surface area contributed by atoms with Crippen LogP contribution in [0, 0.1) is 5.92 Å². The molecule has 8 heteroatoms. The van der Waals surface area contributed by atoms with E-state index in [-0.39, 0.29) is 32.2 Å². The van der Waals surface area contributed by atoms with E-state index in [1.165, 1.54) is 64.2 Å². The summed E-state index contributed by atoms with van der Waals surface area (Å²) in [5.41, 5.74) is 0. The summed E-state index contributed by atoms with van der Waals surface area (Å²) in [6.07, 6.45) is 41.2. The molecule has 0 fully saturated rings. The monoisotopic (exact) mass is 709 g/mol. The topological polar surface area (TPSA) is 145 Å². The van der Waals surface area contributed by atoms with Gasteiger partial charge in [0.15, 0.2) is 0 Å². The van der Waals surface area contributed by atoms with Crippen LogP contribution in [-0.2, 0) is 14.3 Å². The third-order valence-corrected chi connectivity index (χ3v) is 8.35. The van der Waals surface area contributed by atoms with Gasteiger partial charge in [-0.25, -0.2) is 0 Å². The molecule has 8 nitrogen and oxygen atoms in total. The number of hydrogen-bond donors (Lipinski definition) is 5. The largest absolute Gasteiger partial charge is 0.481 e. The van der Waals surface area contributed by atoms with E-state index in [2.05, 4.69) is 62.5 Å². The average Bonchev–Trinajstić information content (AvgIpc) is 3.11. The predicted octanol–water partition coefficient (Wildman–Crippen LogP) is 9.55. The number of allylic oxidation sites excluding steroid dienone is 8. The van der Waals surface area contributed by atoms with Gasteiger partial charge in [0.2, 0.25) is 0 Å². The normalized spacial score (nSPS) is 13.6. The smallest absolute Gasteiger partial charge is 0.306 e. The summed E-state index contributed by atoms with van der Waals surface area (Å²) in [7, 11) is 0. The molecule has 50 heavy (non-hydrogen) atoms. The summed E-state index contributed by atoms with van der Waals surface area (Å²) >= 11 is 0. The van der Waals surface area contributed by atoms with E-state index in [9.17, 15) is 14.7 Å². The second-order valence-electron chi connectivity index (χ2n) is 13.3. The number of aliphatic hydroxyl groups is 4. The van der Waals surface area contributed by atoms with E-state index in [1.54, 1.807) is 0 Å². The summed E-state index contributed by atoms with van der Waals surface area (Å²) in [6, 6.07) is 0. The number of unbranched alkanes of at least 4 members (excludes halogenated alkanes) is 15. The zero-order chi connectivity index (χ0) is 37.3. The fourth-order valence-corrected chi connectivity index (χ4v) is 5.17. The van der Waals surface area contributed by atoms with Crippen molar-refractivity contribution in [2.24, 2.45) is 5.92 Å². The molecule has 0 radical (unpaired) electrons. The Balaban J connectivity index is 0. The highest BCUT2D eigenvalue weighted by Crippen LogP contribution is 2.17. The maximum atomic E-state index is 11.4.